The number of halogens is 2. The van der Waals surface area contributed by atoms with Crippen molar-refractivity contribution in [3.63, 3.8) is 0 Å². The summed E-state index contributed by atoms with van der Waals surface area (Å²) in [6.07, 6.45) is 0. The van der Waals surface area contributed by atoms with Crippen molar-refractivity contribution in [1.82, 2.24) is 10.3 Å². The van der Waals surface area contributed by atoms with Crippen molar-refractivity contribution in [2.45, 2.75) is 33.4 Å². The first-order valence-corrected chi connectivity index (χ1v) is 10.5. The number of carbonyl (C=O) groups excluding carboxylic acids is 2. The van der Waals surface area contributed by atoms with E-state index in [1.165, 1.54) is 23.5 Å². The number of anilines is 2. The van der Waals surface area contributed by atoms with Crippen molar-refractivity contribution in [3.8, 4) is 17.0 Å². The Morgan fingerprint density at radius 2 is 1.78 bits per heavy atom. The van der Waals surface area contributed by atoms with E-state index < -0.39 is 6.61 Å². The van der Waals surface area contributed by atoms with Crippen LogP contribution in [-0.2, 0) is 0 Å². The highest BCUT2D eigenvalue weighted by atomic mass is 32.1. The monoisotopic (exact) mass is 460 g/mol. The molecule has 10 heteroatoms. The van der Waals surface area contributed by atoms with Crippen LogP contribution in [-0.4, -0.2) is 29.6 Å². The summed E-state index contributed by atoms with van der Waals surface area (Å²) in [6.45, 7) is 2.66. The maximum atomic E-state index is 12.7. The first kappa shape index (κ1) is 23.1. The molecule has 0 aliphatic rings. The lowest BCUT2D eigenvalue weighted by Gasteiger charge is -2.11. The van der Waals surface area contributed by atoms with Gasteiger partial charge in [0.25, 0.3) is 5.91 Å². The molecule has 0 spiro atoms. The summed E-state index contributed by atoms with van der Waals surface area (Å²) in [7, 11) is 0. The van der Waals surface area contributed by atoms with Gasteiger partial charge in [-0.15, -0.1) is 11.3 Å². The lowest BCUT2D eigenvalue weighted by Crippen LogP contribution is -2.34. The molecule has 168 valence electrons. The molecule has 1 aromatic heterocycles. The van der Waals surface area contributed by atoms with Gasteiger partial charge in [0.15, 0.2) is 5.13 Å². The number of aryl methyl sites for hydroxylation is 1. The van der Waals surface area contributed by atoms with Crippen molar-refractivity contribution in [3.05, 3.63) is 59.0 Å². The molecule has 0 saturated heterocycles. The van der Waals surface area contributed by atoms with Crippen molar-refractivity contribution >= 4 is 34.1 Å². The second-order valence-corrected chi connectivity index (χ2v) is 8.32. The van der Waals surface area contributed by atoms with Gasteiger partial charge in [0.1, 0.15) is 5.75 Å². The molecule has 0 aliphatic heterocycles. The Hall–Kier alpha value is -3.53. The molecule has 0 fully saturated rings. The van der Waals surface area contributed by atoms with Crippen LogP contribution in [0.1, 0.15) is 29.1 Å². The summed E-state index contributed by atoms with van der Waals surface area (Å²) >= 11 is 1.29. The normalized spacial score (nSPS) is 10.8. The van der Waals surface area contributed by atoms with E-state index >= 15 is 0 Å². The fraction of sp³-hybridized carbons (Fsp3) is 0.227. The minimum atomic E-state index is -2.89. The van der Waals surface area contributed by atoms with Crippen LogP contribution in [0.5, 0.6) is 5.75 Å². The van der Waals surface area contributed by atoms with E-state index in [1.807, 2.05) is 20.8 Å². The predicted octanol–water partition coefficient (Wildman–Crippen LogP) is 5.50. The highest BCUT2D eigenvalue weighted by Crippen LogP contribution is 2.31. The van der Waals surface area contributed by atoms with Crippen LogP contribution in [0.2, 0.25) is 0 Å². The summed E-state index contributed by atoms with van der Waals surface area (Å²) in [5.74, 6) is -0.320. The van der Waals surface area contributed by atoms with Crippen LogP contribution in [0.4, 0.5) is 24.4 Å². The Kier molecular flexibility index (Phi) is 7.37. The molecule has 0 unspecified atom stereocenters. The minimum absolute atomic E-state index is 0.0168. The van der Waals surface area contributed by atoms with Crippen LogP contribution in [0.3, 0.4) is 0 Å². The number of nitrogens with one attached hydrogen (secondary N) is 3. The summed E-state index contributed by atoms with van der Waals surface area (Å²) in [4.78, 5) is 29.8. The first-order chi connectivity index (χ1) is 15.2. The fourth-order valence-electron chi connectivity index (χ4n) is 2.85. The van der Waals surface area contributed by atoms with E-state index in [1.54, 1.807) is 36.4 Å². The van der Waals surface area contributed by atoms with Crippen molar-refractivity contribution in [2.24, 2.45) is 0 Å². The number of ether oxygens (including phenoxy) is 1. The van der Waals surface area contributed by atoms with Gasteiger partial charge in [0.2, 0.25) is 0 Å². The van der Waals surface area contributed by atoms with Gasteiger partial charge in [0.05, 0.1) is 5.69 Å². The largest absolute Gasteiger partial charge is 0.435 e. The number of nitrogens with zero attached hydrogens (tertiary/aromatic N) is 1. The van der Waals surface area contributed by atoms with Crippen LogP contribution in [0.25, 0.3) is 11.3 Å². The average Bonchev–Trinajstić information content (AvgIpc) is 3.07. The van der Waals surface area contributed by atoms with E-state index in [2.05, 4.69) is 25.7 Å². The van der Waals surface area contributed by atoms with E-state index in [4.69, 9.17) is 0 Å². The Morgan fingerprint density at radius 3 is 2.44 bits per heavy atom. The van der Waals surface area contributed by atoms with E-state index in [-0.39, 0.29) is 23.7 Å². The summed E-state index contributed by atoms with van der Waals surface area (Å²) in [5.41, 5.74) is 2.19. The Balaban J connectivity index is 1.70. The molecule has 2 aromatic carbocycles. The zero-order valence-corrected chi connectivity index (χ0v) is 18.4. The van der Waals surface area contributed by atoms with Crippen LogP contribution < -0.4 is 20.7 Å². The maximum absolute atomic E-state index is 12.7. The molecular formula is C22H22F2N4O3S. The Labute approximate surface area is 187 Å². The molecule has 3 N–H and O–H groups in total. The van der Waals surface area contributed by atoms with Crippen molar-refractivity contribution in [2.75, 3.05) is 10.6 Å². The van der Waals surface area contributed by atoms with Crippen LogP contribution in [0.15, 0.2) is 48.5 Å². The number of hydrogen-bond acceptors (Lipinski definition) is 5. The second kappa shape index (κ2) is 10.2. The predicted molar refractivity (Wildman–Crippen MR) is 121 cm³/mol. The van der Waals surface area contributed by atoms with Gasteiger partial charge in [-0.3, -0.25) is 10.1 Å². The molecule has 0 aliphatic carbocycles. The van der Waals surface area contributed by atoms with E-state index in [0.29, 0.717) is 27.6 Å². The topological polar surface area (TPSA) is 92.4 Å². The number of thiazole rings is 1. The molecule has 3 rings (SSSR count). The first-order valence-electron chi connectivity index (χ1n) is 9.73. The van der Waals surface area contributed by atoms with E-state index in [9.17, 15) is 18.4 Å². The summed E-state index contributed by atoms with van der Waals surface area (Å²) < 4.78 is 29.0. The Bertz CT molecular complexity index is 1100. The second-order valence-electron chi connectivity index (χ2n) is 7.11. The zero-order valence-electron chi connectivity index (χ0n) is 17.6. The molecule has 7 nitrogen and oxygen atoms in total. The van der Waals surface area contributed by atoms with Gasteiger partial charge in [-0.2, -0.15) is 8.78 Å². The number of aromatic nitrogens is 1. The maximum Gasteiger partial charge on any atom is 0.387 e. The van der Waals surface area contributed by atoms with Crippen LogP contribution >= 0.6 is 11.3 Å². The molecule has 32 heavy (non-hydrogen) atoms. The molecule has 3 aromatic rings. The van der Waals surface area contributed by atoms with Gasteiger partial charge >= 0.3 is 12.6 Å². The van der Waals surface area contributed by atoms with Gasteiger partial charge in [-0.05, 0) is 63.2 Å². The average molecular weight is 461 g/mol. The fourth-order valence-corrected chi connectivity index (χ4v) is 3.68. The summed E-state index contributed by atoms with van der Waals surface area (Å²) in [5, 5.41) is 8.55. The van der Waals surface area contributed by atoms with Gasteiger partial charge in [-0.1, -0.05) is 6.07 Å². The van der Waals surface area contributed by atoms with Gasteiger partial charge in [0, 0.05) is 27.7 Å². The van der Waals surface area contributed by atoms with Gasteiger partial charge < -0.3 is 15.4 Å². The number of alkyl halides is 2. The molecular weight excluding hydrogens is 438 g/mol. The quantitative estimate of drug-likeness (QED) is 0.434. The van der Waals surface area contributed by atoms with Crippen LogP contribution in [0, 0.1) is 6.92 Å². The van der Waals surface area contributed by atoms with Crippen molar-refractivity contribution < 1.29 is 23.1 Å². The number of amides is 3. The molecule has 0 bridgehead atoms. The minimum Gasteiger partial charge on any atom is -0.435 e. The summed E-state index contributed by atoms with van der Waals surface area (Å²) in [6, 6.07) is 12.3. The number of urea groups is 1. The highest BCUT2D eigenvalue weighted by Gasteiger charge is 2.15. The lowest BCUT2D eigenvalue weighted by molar-refractivity contribution is -0.0498. The van der Waals surface area contributed by atoms with E-state index in [0.717, 1.165) is 4.88 Å². The third-order valence-corrected chi connectivity index (χ3v) is 5.06. The van der Waals surface area contributed by atoms with Crippen molar-refractivity contribution in [1.29, 1.82) is 0 Å². The number of hydrogen-bond donors (Lipinski definition) is 3. The van der Waals surface area contributed by atoms with Gasteiger partial charge in [-0.25, -0.2) is 9.78 Å². The Morgan fingerprint density at radius 1 is 1.06 bits per heavy atom. The number of benzene rings is 2. The third kappa shape index (κ3) is 6.24. The molecule has 0 atom stereocenters. The zero-order chi connectivity index (χ0) is 23.3. The lowest BCUT2D eigenvalue weighted by atomic mass is 10.1. The molecule has 1 heterocycles. The number of rotatable bonds is 7. The SMILES string of the molecule is Cc1sc(NC(=O)c2cccc(NC(=O)NC(C)C)c2)nc1-c1ccc(OC(F)F)cc1. The standard InChI is InChI=1S/C22H22F2N4O3S/c1-12(2)25-21(30)26-16-6-4-5-15(11-16)19(29)28-22-27-18(13(3)32-22)14-7-9-17(10-8-14)31-20(23)24/h4-12,20H,1-3H3,(H2,25,26,30)(H,27,28,29). The smallest absolute Gasteiger partial charge is 0.387 e. The number of carbonyl (C=O) groups is 2. The molecule has 0 saturated carbocycles. The highest BCUT2D eigenvalue weighted by molar-refractivity contribution is 7.16. The third-order valence-electron chi connectivity index (χ3n) is 4.17. The molecule has 0 radical (unpaired) electrons. The molecule has 3 amide bonds.